The summed E-state index contributed by atoms with van der Waals surface area (Å²) in [4.78, 5) is 5.68. The van der Waals surface area contributed by atoms with Gasteiger partial charge in [-0.3, -0.25) is 9.67 Å². The van der Waals surface area contributed by atoms with Crippen molar-refractivity contribution in [3.8, 4) is 0 Å². The fourth-order valence-corrected chi connectivity index (χ4v) is 2.99. The average Bonchev–Trinajstić information content (AvgIpc) is 3.20. The maximum atomic E-state index is 4.29. The molecule has 2 rings (SSSR count). The lowest BCUT2D eigenvalue weighted by molar-refractivity contribution is 0.443. The van der Waals surface area contributed by atoms with Gasteiger partial charge in [-0.15, -0.1) is 35.3 Å². The number of rotatable bonds is 7. The highest BCUT2D eigenvalue weighted by Gasteiger charge is 2.09. The molecule has 2 aromatic heterocycles. The van der Waals surface area contributed by atoms with E-state index in [9.17, 15) is 0 Å². The number of hydrogen-bond donors (Lipinski definition) is 2. The van der Waals surface area contributed by atoms with Gasteiger partial charge in [0.1, 0.15) is 0 Å². The Labute approximate surface area is 159 Å². The molecule has 0 bridgehead atoms. The zero-order chi connectivity index (χ0) is 15.8. The van der Waals surface area contributed by atoms with Crippen molar-refractivity contribution in [2.45, 2.75) is 26.3 Å². The van der Waals surface area contributed by atoms with Gasteiger partial charge < -0.3 is 10.6 Å². The summed E-state index contributed by atoms with van der Waals surface area (Å²) in [5.74, 6) is 1.82. The minimum absolute atomic E-state index is 0. The Bertz CT molecular complexity index is 553. The predicted molar refractivity (Wildman–Crippen MR) is 109 cm³/mol. The Balaban J connectivity index is 0.00000264. The van der Waals surface area contributed by atoms with E-state index in [-0.39, 0.29) is 24.0 Å². The van der Waals surface area contributed by atoms with E-state index in [1.54, 1.807) is 11.3 Å². The number of nitrogens with zero attached hydrogens (tertiary/aromatic N) is 3. The van der Waals surface area contributed by atoms with Crippen molar-refractivity contribution < 1.29 is 0 Å². The van der Waals surface area contributed by atoms with Crippen LogP contribution in [0, 0.1) is 5.92 Å². The third kappa shape index (κ3) is 6.90. The normalized spacial score (nSPS) is 14.0. The van der Waals surface area contributed by atoms with Crippen molar-refractivity contribution in [1.29, 1.82) is 0 Å². The molecule has 0 spiro atoms. The Morgan fingerprint density at radius 3 is 2.70 bits per heavy atom. The molecule has 0 fully saturated rings. The largest absolute Gasteiger partial charge is 0.356 e. The highest BCUT2D eigenvalue weighted by molar-refractivity contribution is 14.0. The van der Waals surface area contributed by atoms with Gasteiger partial charge in [-0.25, -0.2) is 0 Å². The molecule has 0 radical (unpaired) electrons. The lowest BCUT2D eigenvalue weighted by Gasteiger charge is -2.18. The van der Waals surface area contributed by atoms with Crippen LogP contribution in [-0.4, -0.2) is 35.9 Å². The van der Waals surface area contributed by atoms with E-state index in [1.807, 2.05) is 30.2 Å². The zero-order valence-corrected chi connectivity index (χ0v) is 17.0. The summed E-state index contributed by atoms with van der Waals surface area (Å²) >= 11 is 1.80. The summed E-state index contributed by atoms with van der Waals surface area (Å²) in [5.41, 5.74) is 0. The topological polar surface area (TPSA) is 54.2 Å². The smallest absolute Gasteiger partial charge is 0.191 e. The van der Waals surface area contributed by atoms with Gasteiger partial charge >= 0.3 is 0 Å². The molecule has 0 aliphatic rings. The molecule has 0 saturated heterocycles. The number of halogens is 1. The van der Waals surface area contributed by atoms with Gasteiger partial charge in [-0.2, -0.15) is 5.10 Å². The molecular formula is C16H26IN5S. The van der Waals surface area contributed by atoms with Gasteiger partial charge in [0.05, 0.1) is 0 Å². The van der Waals surface area contributed by atoms with Gasteiger partial charge in [0, 0.05) is 49.9 Å². The molecule has 2 heterocycles. The number of nitrogens with one attached hydrogen (secondary N) is 2. The molecular weight excluding hydrogens is 421 g/mol. The van der Waals surface area contributed by atoms with Crippen LogP contribution in [0.15, 0.2) is 41.0 Å². The molecule has 23 heavy (non-hydrogen) atoms. The number of guanidine groups is 1. The first-order chi connectivity index (χ1) is 10.7. The second kappa shape index (κ2) is 10.6. The van der Waals surface area contributed by atoms with Crippen molar-refractivity contribution in [3.05, 3.63) is 40.8 Å². The maximum Gasteiger partial charge on any atom is 0.191 e. The summed E-state index contributed by atoms with van der Waals surface area (Å²) in [7, 11) is 1.81. The quantitative estimate of drug-likeness (QED) is 0.390. The Kier molecular flexibility index (Phi) is 9.23. The minimum Gasteiger partial charge on any atom is -0.356 e. The van der Waals surface area contributed by atoms with Gasteiger partial charge in [-0.05, 0) is 23.4 Å². The zero-order valence-electron chi connectivity index (χ0n) is 13.9. The molecule has 128 valence electrons. The molecule has 0 aliphatic heterocycles. The Morgan fingerprint density at radius 1 is 1.30 bits per heavy atom. The molecule has 2 atom stereocenters. The predicted octanol–water partition coefficient (Wildman–Crippen LogP) is 3.17. The van der Waals surface area contributed by atoms with Gasteiger partial charge in [-0.1, -0.05) is 19.9 Å². The molecule has 2 unspecified atom stereocenters. The summed E-state index contributed by atoms with van der Waals surface area (Å²) in [6.45, 7) is 7.09. The summed E-state index contributed by atoms with van der Waals surface area (Å²) in [6, 6.07) is 6.23. The van der Waals surface area contributed by atoms with Gasteiger partial charge in [0.25, 0.3) is 0 Å². The van der Waals surface area contributed by atoms with E-state index in [4.69, 9.17) is 0 Å². The molecule has 7 heteroatoms. The third-order valence-electron chi connectivity index (χ3n) is 3.50. The lowest BCUT2D eigenvalue weighted by atomic mass is 10.1. The summed E-state index contributed by atoms with van der Waals surface area (Å²) < 4.78 is 1.96. The second-order valence-electron chi connectivity index (χ2n) is 5.58. The van der Waals surface area contributed by atoms with Crippen molar-refractivity contribution >= 4 is 41.3 Å². The van der Waals surface area contributed by atoms with Crippen LogP contribution in [0.1, 0.15) is 24.6 Å². The van der Waals surface area contributed by atoms with Gasteiger partial charge in [0.2, 0.25) is 0 Å². The van der Waals surface area contributed by atoms with Crippen LogP contribution in [0.4, 0.5) is 0 Å². The molecule has 0 saturated carbocycles. The van der Waals surface area contributed by atoms with Crippen LogP contribution < -0.4 is 10.6 Å². The molecule has 5 nitrogen and oxygen atoms in total. The maximum absolute atomic E-state index is 4.29. The average molecular weight is 447 g/mol. The number of aliphatic imine (C=N–C) groups is 1. The minimum atomic E-state index is 0. The lowest BCUT2D eigenvalue weighted by Crippen LogP contribution is -2.41. The van der Waals surface area contributed by atoms with Crippen molar-refractivity contribution in [2.75, 3.05) is 20.1 Å². The molecule has 0 aromatic carbocycles. The van der Waals surface area contributed by atoms with Crippen molar-refractivity contribution in [3.63, 3.8) is 0 Å². The van der Waals surface area contributed by atoms with Crippen molar-refractivity contribution in [1.82, 2.24) is 20.4 Å². The van der Waals surface area contributed by atoms with E-state index < -0.39 is 0 Å². The standard InChI is InChI=1S/C16H25N5S.HI/c1-13(12-21-8-5-7-20-21)10-18-16(17-3)19-11-14(2)15-6-4-9-22-15;/h4-9,13-14H,10-12H2,1-3H3,(H2,17,18,19);1H. The fourth-order valence-electron chi connectivity index (χ4n) is 2.21. The molecule has 2 aromatic rings. The number of aromatic nitrogens is 2. The summed E-state index contributed by atoms with van der Waals surface area (Å²) in [6.07, 6.45) is 3.80. The van der Waals surface area contributed by atoms with Crippen LogP contribution >= 0.6 is 35.3 Å². The monoisotopic (exact) mass is 447 g/mol. The first-order valence-electron chi connectivity index (χ1n) is 7.64. The van der Waals surface area contributed by atoms with E-state index in [0.717, 1.165) is 25.6 Å². The van der Waals surface area contributed by atoms with Crippen LogP contribution in [-0.2, 0) is 6.54 Å². The Hall–Kier alpha value is -1.09. The SMILES string of the molecule is CN=C(NCC(C)Cn1cccn1)NCC(C)c1cccs1.I. The highest BCUT2D eigenvalue weighted by Crippen LogP contribution is 2.19. The number of hydrogen-bond acceptors (Lipinski definition) is 3. The summed E-state index contributed by atoms with van der Waals surface area (Å²) in [5, 5.41) is 13.1. The van der Waals surface area contributed by atoms with Crippen molar-refractivity contribution in [2.24, 2.45) is 10.9 Å². The van der Waals surface area contributed by atoms with E-state index in [2.05, 4.69) is 52.1 Å². The van der Waals surface area contributed by atoms with Crippen LogP contribution in [0.25, 0.3) is 0 Å². The molecule has 0 aliphatic carbocycles. The van der Waals surface area contributed by atoms with E-state index in [0.29, 0.717) is 11.8 Å². The van der Waals surface area contributed by atoms with Crippen LogP contribution in [0.2, 0.25) is 0 Å². The fraction of sp³-hybridized carbons (Fsp3) is 0.500. The van der Waals surface area contributed by atoms with Crippen LogP contribution in [0.3, 0.4) is 0 Å². The van der Waals surface area contributed by atoms with Gasteiger partial charge in [0.15, 0.2) is 5.96 Å². The first-order valence-corrected chi connectivity index (χ1v) is 8.52. The van der Waals surface area contributed by atoms with Crippen LogP contribution in [0.5, 0.6) is 0 Å². The molecule has 2 N–H and O–H groups in total. The highest BCUT2D eigenvalue weighted by atomic mass is 127. The second-order valence-corrected chi connectivity index (χ2v) is 6.56. The number of thiophene rings is 1. The first kappa shape index (κ1) is 20.0. The molecule has 0 amide bonds. The van der Waals surface area contributed by atoms with E-state index >= 15 is 0 Å². The third-order valence-corrected chi connectivity index (χ3v) is 4.61. The van der Waals surface area contributed by atoms with E-state index in [1.165, 1.54) is 4.88 Å². The Morgan fingerprint density at radius 2 is 2.09 bits per heavy atom.